The molecule has 3 rings (SSSR count). The molecule has 0 atom stereocenters. The van der Waals surface area contributed by atoms with Crippen LogP contribution >= 0.6 is 38.9 Å². The highest BCUT2D eigenvalue weighted by atomic mass is 79.9. The first-order valence-corrected chi connectivity index (χ1v) is 7.39. The summed E-state index contributed by atoms with van der Waals surface area (Å²) in [4.78, 5) is 4.44. The maximum Gasteiger partial charge on any atom is 0.188 e. The number of hydrogen-bond donors (Lipinski definition) is 1. The fraction of sp³-hybridized carbons (Fsp3) is 0. The predicted molar refractivity (Wildman–Crippen MR) is 82.0 cm³/mol. The van der Waals surface area contributed by atoms with Crippen molar-refractivity contribution in [1.29, 1.82) is 0 Å². The Morgan fingerprint density at radius 3 is 2.84 bits per heavy atom. The van der Waals surface area contributed by atoms with E-state index in [1.165, 1.54) is 17.4 Å². The molecule has 2 aromatic carbocycles. The van der Waals surface area contributed by atoms with Gasteiger partial charge in [-0.3, -0.25) is 0 Å². The van der Waals surface area contributed by atoms with Crippen LogP contribution in [0, 0.1) is 5.82 Å². The number of nitrogens with one attached hydrogen (secondary N) is 1. The molecule has 0 unspecified atom stereocenters. The molecule has 0 saturated carbocycles. The van der Waals surface area contributed by atoms with Gasteiger partial charge in [0.25, 0.3) is 0 Å². The van der Waals surface area contributed by atoms with Crippen molar-refractivity contribution >= 4 is 59.9 Å². The van der Waals surface area contributed by atoms with Gasteiger partial charge in [0, 0.05) is 10.7 Å². The third kappa shape index (κ3) is 2.73. The van der Waals surface area contributed by atoms with Gasteiger partial charge in [0.2, 0.25) is 0 Å². The normalized spacial score (nSPS) is 10.9. The highest BCUT2D eigenvalue weighted by Crippen LogP contribution is 2.31. The average molecular weight is 358 g/mol. The summed E-state index contributed by atoms with van der Waals surface area (Å²) in [6, 6.07) is 10.3. The van der Waals surface area contributed by atoms with E-state index in [0.29, 0.717) is 9.50 Å². The van der Waals surface area contributed by atoms with E-state index in [4.69, 9.17) is 11.6 Å². The molecule has 6 heteroatoms. The molecule has 96 valence electrons. The van der Waals surface area contributed by atoms with Crippen LogP contribution in [-0.4, -0.2) is 4.98 Å². The fourth-order valence-electron chi connectivity index (χ4n) is 1.65. The molecule has 0 aliphatic rings. The van der Waals surface area contributed by atoms with E-state index in [2.05, 4.69) is 26.2 Å². The third-order valence-corrected chi connectivity index (χ3v) is 4.30. The Kier molecular flexibility index (Phi) is 3.43. The molecule has 0 saturated heterocycles. The minimum atomic E-state index is -0.290. The zero-order valence-corrected chi connectivity index (χ0v) is 12.6. The van der Waals surface area contributed by atoms with Crippen LogP contribution in [0.2, 0.25) is 5.02 Å². The Labute approximate surface area is 126 Å². The molecule has 0 amide bonds. The number of aromatic nitrogens is 1. The van der Waals surface area contributed by atoms with Gasteiger partial charge in [-0.1, -0.05) is 22.9 Å². The summed E-state index contributed by atoms with van der Waals surface area (Å²) in [6.45, 7) is 0. The first-order chi connectivity index (χ1) is 9.11. The molecule has 0 aliphatic carbocycles. The van der Waals surface area contributed by atoms with Crippen LogP contribution in [0.15, 0.2) is 40.9 Å². The Bertz CT molecular complexity index is 759. The Hall–Kier alpha value is -1.17. The third-order valence-electron chi connectivity index (χ3n) is 2.52. The SMILES string of the molecule is Fc1ccc(Nc2nc3ccc(Cl)cc3s2)cc1Br. The molecule has 0 fully saturated rings. The van der Waals surface area contributed by atoms with Gasteiger partial charge in [-0.05, 0) is 52.3 Å². The zero-order valence-electron chi connectivity index (χ0n) is 9.45. The van der Waals surface area contributed by atoms with E-state index in [9.17, 15) is 4.39 Å². The van der Waals surface area contributed by atoms with Crippen molar-refractivity contribution < 1.29 is 4.39 Å². The van der Waals surface area contributed by atoms with Gasteiger partial charge in [-0.15, -0.1) is 0 Å². The molecule has 3 aromatic rings. The van der Waals surface area contributed by atoms with E-state index in [1.807, 2.05) is 18.2 Å². The first kappa shape index (κ1) is 12.8. The molecule has 2 nitrogen and oxygen atoms in total. The molecular formula is C13H7BrClFN2S. The van der Waals surface area contributed by atoms with Gasteiger partial charge in [-0.2, -0.15) is 0 Å². The lowest BCUT2D eigenvalue weighted by atomic mass is 10.3. The number of benzene rings is 2. The number of fused-ring (bicyclic) bond motifs is 1. The summed E-state index contributed by atoms with van der Waals surface area (Å²) >= 11 is 10.6. The number of thiazole rings is 1. The Morgan fingerprint density at radius 2 is 2.05 bits per heavy atom. The van der Waals surface area contributed by atoms with Gasteiger partial charge >= 0.3 is 0 Å². The molecule has 0 spiro atoms. The van der Waals surface area contributed by atoms with Gasteiger partial charge in [0.15, 0.2) is 5.13 Å². The van der Waals surface area contributed by atoms with E-state index >= 15 is 0 Å². The monoisotopic (exact) mass is 356 g/mol. The van der Waals surface area contributed by atoms with Gasteiger partial charge in [-0.25, -0.2) is 9.37 Å². The number of nitrogens with zero attached hydrogens (tertiary/aromatic N) is 1. The summed E-state index contributed by atoms with van der Waals surface area (Å²) < 4.78 is 14.6. The first-order valence-electron chi connectivity index (χ1n) is 5.40. The quantitative estimate of drug-likeness (QED) is 0.646. The summed E-state index contributed by atoms with van der Waals surface area (Å²) in [5.41, 5.74) is 1.66. The second kappa shape index (κ2) is 5.07. The highest BCUT2D eigenvalue weighted by molar-refractivity contribution is 9.10. The van der Waals surface area contributed by atoms with E-state index in [0.717, 1.165) is 21.0 Å². The molecular weight excluding hydrogens is 351 g/mol. The fourth-order valence-corrected chi connectivity index (χ4v) is 3.19. The molecule has 0 aliphatic heterocycles. The summed E-state index contributed by atoms with van der Waals surface area (Å²) in [6.07, 6.45) is 0. The van der Waals surface area contributed by atoms with Crippen molar-refractivity contribution in [1.82, 2.24) is 4.98 Å². The second-order valence-corrected chi connectivity index (χ2v) is 6.21. The molecule has 0 bridgehead atoms. The smallest absolute Gasteiger partial charge is 0.188 e. The van der Waals surface area contributed by atoms with Crippen LogP contribution in [0.5, 0.6) is 0 Å². The van der Waals surface area contributed by atoms with Gasteiger partial charge in [0.05, 0.1) is 14.7 Å². The molecule has 0 radical (unpaired) electrons. The summed E-state index contributed by atoms with van der Waals surface area (Å²) in [5.74, 6) is -0.290. The second-order valence-electron chi connectivity index (χ2n) is 3.88. The summed E-state index contributed by atoms with van der Waals surface area (Å²) in [5, 5.41) is 4.58. The van der Waals surface area contributed by atoms with Crippen LogP contribution < -0.4 is 5.32 Å². The van der Waals surface area contributed by atoms with Crippen molar-refractivity contribution in [2.24, 2.45) is 0 Å². The van der Waals surface area contributed by atoms with Crippen molar-refractivity contribution in [3.05, 3.63) is 51.7 Å². The van der Waals surface area contributed by atoms with Gasteiger partial charge in [0.1, 0.15) is 5.82 Å². The van der Waals surface area contributed by atoms with Crippen molar-refractivity contribution in [2.75, 3.05) is 5.32 Å². The molecule has 1 N–H and O–H groups in total. The van der Waals surface area contributed by atoms with E-state index in [1.54, 1.807) is 12.1 Å². The van der Waals surface area contributed by atoms with Crippen LogP contribution in [0.1, 0.15) is 0 Å². The van der Waals surface area contributed by atoms with E-state index < -0.39 is 0 Å². The van der Waals surface area contributed by atoms with Crippen molar-refractivity contribution in [2.45, 2.75) is 0 Å². The topological polar surface area (TPSA) is 24.9 Å². The maximum atomic E-state index is 13.1. The number of rotatable bonds is 2. The standard InChI is InChI=1S/C13H7BrClFN2S/c14-9-6-8(2-3-10(9)16)17-13-18-11-4-1-7(15)5-12(11)19-13/h1-6H,(H,17,18). The van der Waals surface area contributed by atoms with Crippen LogP contribution in [-0.2, 0) is 0 Å². The Morgan fingerprint density at radius 1 is 1.21 bits per heavy atom. The molecule has 1 heterocycles. The lowest BCUT2D eigenvalue weighted by Crippen LogP contribution is -1.89. The van der Waals surface area contributed by atoms with E-state index in [-0.39, 0.29) is 5.82 Å². The van der Waals surface area contributed by atoms with Crippen molar-refractivity contribution in [3.8, 4) is 0 Å². The Balaban J connectivity index is 1.94. The maximum absolute atomic E-state index is 13.1. The van der Waals surface area contributed by atoms with Crippen LogP contribution in [0.3, 0.4) is 0 Å². The highest BCUT2D eigenvalue weighted by Gasteiger charge is 2.06. The van der Waals surface area contributed by atoms with Crippen LogP contribution in [0.25, 0.3) is 10.2 Å². The molecule has 1 aromatic heterocycles. The lowest BCUT2D eigenvalue weighted by Gasteiger charge is -2.03. The summed E-state index contributed by atoms with van der Waals surface area (Å²) in [7, 11) is 0. The number of hydrogen-bond acceptors (Lipinski definition) is 3. The van der Waals surface area contributed by atoms with Gasteiger partial charge < -0.3 is 5.32 Å². The zero-order chi connectivity index (χ0) is 13.4. The average Bonchev–Trinajstić information content (AvgIpc) is 2.75. The molecule has 19 heavy (non-hydrogen) atoms. The minimum absolute atomic E-state index is 0.290. The lowest BCUT2D eigenvalue weighted by molar-refractivity contribution is 0.621. The van der Waals surface area contributed by atoms with Crippen LogP contribution in [0.4, 0.5) is 15.2 Å². The number of anilines is 2. The van der Waals surface area contributed by atoms with Crippen molar-refractivity contribution in [3.63, 3.8) is 0 Å². The number of halogens is 3. The minimum Gasteiger partial charge on any atom is -0.331 e. The predicted octanol–water partition coefficient (Wildman–Crippen LogP) is 5.59. The largest absolute Gasteiger partial charge is 0.331 e.